The van der Waals surface area contributed by atoms with Gasteiger partial charge in [0.15, 0.2) is 11.5 Å². The second-order valence-corrected chi connectivity index (χ2v) is 3.95. The average molecular weight is 218 g/mol. The van der Waals surface area contributed by atoms with Crippen molar-refractivity contribution in [2.24, 2.45) is 0 Å². The largest absolute Gasteiger partial charge is 0.268 e. The third-order valence-corrected chi connectivity index (χ3v) is 2.90. The summed E-state index contributed by atoms with van der Waals surface area (Å²) in [6.07, 6.45) is 0. The van der Waals surface area contributed by atoms with Crippen molar-refractivity contribution in [2.75, 3.05) is 0 Å². The maximum Gasteiger partial charge on any atom is 0.263 e. The summed E-state index contributed by atoms with van der Waals surface area (Å²) in [5, 5.41) is 12.6. The Morgan fingerprint density at radius 1 is 1.27 bits per heavy atom. The van der Waals surface area contributed by atoms with E-state index in [9.17, 15) is 4.79 Å². The molecule has 6 heteroatoms. The minimum atomic E-state index is -0.167. The molecule has 0 aromatic carbocycles. The normalized spacial score (nSPS) is 10.9. The number of hydrogen-bond acceptors (Lipinski definition) is 4. The molecule has 1 N–H and O–H groups in total. The van der Waals surface area contributed by atoms with Gasteiger partial charge in [-0.15, -0.1) is 21.5 Å². The van der Waals surface area contributed by atoms with Gasteiger partial charge in [-0.25, -0.2) is 4.52 Å². The molecular formula is C9H6N4OS. The molecule has 3 aromatic heterocycles. The van der Waals surface area contributed by atoms with Crippen LogP contribution in [0.15, 0.2) is 34.4 Å². The summed E-state index contributed by atoms with van der Waals surface area (Å²) in [6.45, 7) is 0. The zero-order chi connectivity index (χ0) is 10.3. The molecule has 0 bridgehead atoms. The fourth-order valence-corrected chi connectivity index (χ4v) is 2.08. The Bertz CT molecular complexity index is 652. The number of nitrogens with zero attached hydrogens (tertiary/aromatic N) is 3. The first-order chi connectivity index (χ1) is 7.34. The molecule has 0 atom stereocenters. The number of thiophene rings is 1. The first kappa shape index (κ1) is 8.37. The van der Waals surface area contributed by atoms with Crippen LogP contribution in [-0.4, -0.2) is 19.8 Å². The Hall–Kier alpha value is -1.95. The van der Waals surface area contributed by atoms with E-state index in [4.69, 9.17) is 0 Å². The van der Waals surface area contributed by atoms with E-state index in [2.05, 4.69) is 15.3 Å². The van der Waals surface area contributed by atoms with E-state index in [0.29, 0.717) is 11.5 Å². The third kappa shape index (κ3) is 1.26. The fraction of sp³-hybridized carbons (Fsp3) is 0. The molecule has 0 unspecified atom stereocenters. The maximum absolute atomic E-state index is 11.2. The van der Waals surface area contributed by atoms with Crippen molar-refractivity contribution >= 4 is 17.0 Å². The molecule has 0 saturated heterocycles. The highest BCUT2D eigenvalue weighted by atomic mass is 32.1. The molecule has 3 rings (SSSR count). The number of hydrogen-bond donors (Lipinski definition) is 1. The molecule has 15 heavy (non-hydrogen) atoms. The van der Waals surface area contributed by atoms with Crippen molar-refractivity contribution in [1.82, 2.24) is 19.8 Å². The Balaban J connectivity index is 2.37. The molecule has 74 valence electrons. The van der Waals surface area contributed by atoms with Crippen molar-refractivity contribution in [2.45, 2.75) is 0 Å². The van der Waals surface area contributed by atoms with Crippen LogP contribution in [0.2, 0.25) is 0 Å². The van der Waals surface area contributed by atoms with E-state index in [-0.39, 0.29) is 5.56 Å². The van der Waals surface area contributed by atoms with E-state index in [0.717, 1.165) is 4.88 Å². The van der Waals surface area contributed by atoms with Crippen LogP contribution in [0.25, 0.3) is 16.3 Å². The number of aromatic amines is 1. The van der Waals surface area contributed by atoms with Crippen LogP contribution in [0.1, 0.15) is 0 Å². The molecule has 0 aliphatic carbocycles. The van der Waals surface area contributed by atoms with Crippen molar-refractivity contribution in [3.63, 3.8) is 0 Å². The lowest BCUT2D eigenvalue weighted by Gasteiger charge is -1.94. The van der Waals surface area contributed by atoms with E-state index < -0.39 is 0 Å². The second-order valence-electron chi connectivity index (χ2n) is 3.00. The minimum absolute atomic E-state index is 0.167. The zero-order valence-electron chi connectivity index (χ0n) is 7.54. The predicted molar refractivity (Wildman–Crippen MR) is 56.9 cm³/mol. The Morgan fingerprint density at radius 3 is 3.00 bits per heavy atom. The SMILES string of the molecule is O=c1ccc2nnc(-c3cccs3)n2[nH]1. The first-order valence-electron chi connectivity index (χ1n) is 4.33. The first-order valence-corrected chi connectivity index (χ1v) is 5.21. The highest BCUT2D eigenvalue weighted by molar-refractivity contribution is 7.13. The van der Waals surface area contributed by atoms with E-state index in [1.54, 1.807) is 21.9 Å². The molecule has 0 aliphatic heterocycles. The minimum Gasteiger partial charge on any atom is -0.268 e. The second kappa shape index (κ2) is 3.03. The molecule has 3 heterocycles. The van der Waals surface area contributed by atoms with Crippen LogP contribution >= 0.6 is 11.3 Å². The highest BCUT2D eigenvalue weighted by Gasteiger charge is 2.08. The maximum atomic E-state index is 11.2. The lowest BCUT2D eigenvalue weighted by molar-refractivity contribution is 0.907. The molecule has 0 spiro atoms. The molecule has 5 nitrogen and oxygen atoms in total. The van der Waals surface area contributed by atoms with Crippen LogP contribution in [0, 0.1) is 0 Å². The van der Waals surface area contributed by atoms with Gasteiger partial charge in [-0.1, -0.05) is 6.07 Å². The van der Waals surface area contributed by atoms with Gasteiger partial charge in [0.25, 0.3) is 5.56 Å². The van der Waals surface area contributed by atoms with Gasteiger partial charge in [0.1, 0.15) is 0 Å². The van der Waals surface area contributed by atoms with Gasteiger partial charge in [0.05, 0.1) is 4.88 Å². The van der Waals surface area contributed by atoms with Gasteiger partial charge >= 0.3 is 0 Å². The molecular weight excluding hydrogens is 212 g/mol. The van der Waals surface area contributed by atoms with Gasteiger partial charge in [0, 0.05) is 6.07 Å². The summed E-state index contributed by atoms with van der Waals surface area (Å²) in [7, 11) is 0. The molecule has 0 radical (unpaired) electrons. The van der Waals surface area contributed by atoms with Gasteiger partial charge in [0.2, 0.25) is 0 Å². The zero-order valence-corrected chi connectivity index (χ0v) is 8.36. The number of fused-ring (bicyclic) bond motifs is 1. The standard InChI is InChI=1S/C9H6N4OS/c14-8-4-3-7-10-11-9(13(7)12-8)6-2-1-5-15-6/h1-5H,(H,12,14). The number of rotatable bonds is 1. The third-order valence-electron chi connectivity index (χ3n) is 2.04. The molecule has 0 fully saturated rings. The molecule has 0 amide bonds. The molecule has 3 aromatic rings. The Labute approximate surface area is 88.0 Å². The van der Waals surface area contributed by atoms with Gasteiger partial charge in [-0.3, -0.25) is 9.89 Å². The number of H-pyrrole nitrogens is 1. The fourth-order valence-electron chi connectivity index (χ4n) is 1.38. The summed E-state index contributed by atoms with van der Waals surface area (Å²) in [5.41, 5.74) is 0.470. The van der Waals surface area contributed by atoms with E-state index in [1.165, 1.54) is 6.07 Å². The van der Waals surface area contributed by atoms with E-state index >= 15 is 0 Å². The summed E-state index contributed by atoms with van der Waals surface area (Å²) in [4.78, 5) is 12.2. The van der Waals surface area contributed by atoms with Crippen LogP contribution in [-0.2, 0) is 0 Å². The van der Waals surface area contributed by atoms with Crippen molar-refractivity contribution in [3.05, 3.63) is 40.0 Å². The smallest absolute Gasteiger partial charge is 0.263 e. The van der Waals surface area contributed by atoms with Crippen LogP contribution in [0.5, 0.6) is 0 Å². The molecule has 0 aliphatic rings. The van der Waals surface area contributed by atoms with Crippen molar-refractivity contribution in [1.29, 1.82) is 0 Å². The quantitative estimate of drug-likeness (QED) is 0.666. The summed E-state index contributed by atoms with van der Waals surface area (Å²) < 4.78 is 1.59. The highest BCUT2D eigenvalue weighted by Crippen LogP contribution is 2.21. The van der Waals surface area contributed by atoms with Crippen LogP contribution in [0.3, 0.4) is 0 Å². The lowest BCUT2D eigenvalue weighted by Crippen LogP contribution is -2.09. The van der Waals surface area contributed by atoms with Crippen LogP contribution in [0.4, 0.5) is 0 Å². The van der Waals surface area contributed by atoms with E-state index in [1.807, 2.05) is 17.5 Å². The molecule has 0 saturated carbocycles. The monoisotopic (exact) mass is 218 g/mol. The predicted octanol–water partition coefficient (Wildman–Crippen LogP) is 1.15. The van der Waals surface area contributed by atoms with Gasteiger partial charge < -0.3 is 0 Å². The summed E-state index contributed by atoms with van der Waals surface area (Å²) in [6, 6.07) is 6.94. The van der Waals surface area contributed by atoms with Crippen LogP contribution < -0.4 is 5.56 Å². The lowest BCUT2D eigenvalue weighted by atomic mass is 10.4. The average Bonchev–Trinajstić information content (AvgIpc) is 2.83. The van der Waals surface area contributed by atoms with Gasteiger partial charge in [-0.05, 0) is 17.5 Å². The topological polar surface area (TPSA) is 63.1 Å². The van der Waals surface area contributed by atoms with Crippen molar-refractivity contribution in [3.8, 4) is 10.7 Å². The summed E-state index contributed by atoms with van der Waals surface area (Å²) >= 11 is 1.56. The van der Waals surface area contributed by atoms with Gasteiger partial charge in [-0.2, -0.15) is 0 Å². The Kier molecular flexibility index (Phi) is 1.69. The summed E-state index contributed by atoms with van der Waals surface area (Å²) in [5.74, 6) is 0.665. The number of nitrogens with one attached hydrogen (secondary N) is 1. The van der Waals surface area contributed by atoms with Crippen molar-refractivity contribution < 1.29 is 0 Å². The Morgan fingerprint density at radius 2 is 2.20 bits per heavy atom. The number of aromatic nitrogens is 4.